The minimum Gasteiger partial charge on any atom is -0.288 e. The van der Waals surface area contributed by atoms with E-state index < -0.39 is 9.85 Å². The third-order valence-electron chi connectivity index (χ3n) is 4.61. The smallest absolute Gasteiger partial charge is 0.288 e. The van der Waals surface area contributed by atoms with Gasteiger partial charge in [-0.25, -0.2) is 0 Å². The van der Waals surface area contributed by atoms with Crippen molar-refractivity contribution in [3.05, 3.63) is 61.4 Å². The molecule has 1 aliphatic rings. The molecule has 0 radical (unpaired) electrons. The number of non-ortho nitro benzene ring substituents is 1. The van der Waals surface area contributed by atoms with Gasteiger partial charge in [-0.05, 0) is 49.8 Å². The summed E-state index contributed by atoms with van der Waals surface area (Å²) in [6.45, 7) is 2.04. The molecule has 1 N–H and O–H groups in total. The molecule has 8 nitrogen and oxygen atoms in total. The zero-order valence-corrected chi connectivity index (χ0v) is 14.0. The van der Waals surface area contributed by atoms with Gasteiger partial charge >= 0.3 is 5.69 Å². The Hall–Kier alpha value is -2.90. The van der Waals surface area contributed by atoms with E-state index in [1.54, 1.807) is 0 Å². The van der Waals surface area contributed by atoms with Crippen LogP contribution in [0, 0.1) is 20.2 Å². The number of nitro benzene ring substituents is 2. The van der Waals surface area contributed by atoms with Gasteiger partial charge in [-0.15, -0.1) is 0 Å². The maximum absolute atomic E-state index is 11.4. The summed E-state index contributed by atoms with van der Waals surface area (Å²) in [5.41, 5.74) is 6.29. The number of nitrogens with one attached hydrogen (secondary N) is 1. The number of anilines is 1. The number of rotatable bonds is 5. The molecule has 0 aliphatic heterocycles. The SMILES string of the molecule is CCc1cc2c(n1Nc1ccc([N+](=O)[O-])cc1[N+](=O)[O-])CCCCC2. The van der Waals surface area contributed by atoms with E-state index in [2.05, 4.69) is 11.5 Å². The van der Waals surface area contributed by atoms with E-state index in [0.717, 1.165) is 49.6 Å². The van der Waals surface area contributed by atoms with Crippen LogP contribution in [0.3, 0.4) is 0 Å². The average Bonchev–Trinajstić information content (AvgIpc) is 2.76. The predicted molar refractivity (Wildman–Crippen MR) is 93.8 cm³/mol. The maximum Gasteiger partial charge on any atom is 0.300 e. The highest BCUT2D eigenvalue weighted by Crippen LogP contribution is 2.31. The Labute approximate surface area is 144 Å². The molecule has 0 bridgehead atoms. The number of hydrogen-bond donors (Lipinski definition) is 1. The molecule has 132 valence electrons. The Morgan fingerprint density at radius 3 is 2.52 bits per heavy atom. The number of aryl methyl sites for hydroxylation is 2. The van der Waals surface area contributed by atoms with Gasteiger partial charge in [-0.2, -0.15) is 0 Å². The first-order valence-corrected chi connectivity index (χ1v) is 8.43. The second-order valence-corrected chi connectivity index (χ2v) is 6.18. The minimum atomic E-state index is -0.629. The van der Waals surface area contributed by atoms with E-state index in [4.69, 9.17) is 0 Å². The number of aromatic nitrogens is 1. The van der Waals surface area contributed by atoms with Crippen molar-refractivity contribution in [2.45, 2.75) is 45.4 Å². The van der Waals surface area contributed by atoms with E-state index in [1.165, 1.54) is 24.1 Å². The molecule has 0 spiro atoms. The van der Waals surface area contributed by atoms with Crippen molar-refractivity contribution in [3.8, 4) is 0 Å². The van der Waals surface area contributed by atoms with E-state index in [9.17, 15) is 20.2 Å². The van der Waals surface area contributed by atoms with Crippen LogP contribution in [-0.4, -0.2) is 14.5 Å². The largest absolute Gasteiger partial charge is 0.300 e. The predicted octanol–water partition coefficient (Wildman–Crippen LogP) is 4.01. The van der Waals surface area contributed by atoms with Crippen molar-refractivity contribution < 1.29 is 9.85 Å². The molecule has 1 aromatic carbocycles. The monoisotopic (exact) mass is 344 g/mol. The topological polar surface area (TPSA) is 103 Å². The van der Waals surface area contributed by atoms with Crippen LogP contribution in [0.4, 0.5) is 17.1 Å². The standard InChI is InChI=1S/C17H20N4O4/c1-2-13-10-12-6-4-3-5-7-16(12)19(13)18-15-9-8-14(20(22)23)11-17(15)21(24)25/h8-11,18H,2-7H2,1H3. The van der Waals surface area contributed by atoms with Crippen molar-refractivity contribution in [1.29, 1.82) is 0 Å². The summed E-state index contributed by atoms with van der Waals surface area (Å²) in [5, 5.41) is 22.2. The van der Waals surface area contributed by atoms with E-state index in [1.807, 2.05) is 11.6 Å². The highest BCUT2D eigenvalue weighted by Gasteiger charge is 2.22. The fourth-order valence-corrected chi connectivity index (χ4v) is 3.34. The zero-order valence-electron chi connectivity index (χ0n) is 14.0. The summed E-state index contributed by atoms with van der Waals surface area (Å²) in [4.78, 5) is 21.0. The molecule has 0 saturated carbocycles. The molecule has 0 amide bonds. The van der Waals surface area contributed by atoms with Crippen LogP contribution in [0.1, 0.15) is 43.1 Å². The molecule has 0 unspecified atom stereocenters. The Morgan fingerprint density at radius 1 is 1.08 bits per heavy atom. The van der Waals surface area contributed by atoms with Gasteiger partial charge in [0.1, 0.15) is 5.69 Å². The van der Waals surface area contributed by atoms with Gasteiger partial charge in [0.2, 0.25) is 0 Å². The molecule has 1 aromatic heterocycles. The van der Waals surface area contributed by atoms with Gasteiger partial charge in [0, 0.05) is 17.5 Å². The molecule has 0 atom stereocenters. The van der Waals surface area contributed by atoms with Gasteiger partial charge < -0.3 is 0 Å². The Bertz CT molecular complexity index is 828. The van der Waals surface area contributed by atoms with Crippen LogP contribution >= 0.6 is 0 Å². The molecule has 0 saturated heterocycles. The molecule has 2 aromatic rings. The minimum absolute atomic E-state index is 0.257. The van der Waals surface area contributed by atoms with Crippen molar-refractivity contribution in [2.24, 2.45) is 0 Å². The van der Waals surface area contributed by atoms with Gasteiger partial charge in [-0.3, -0.25) is 30.3 Å². The third kappa shape index (κ3) is 3.33. The van der Waals surface area contributed by atoms with E-state index in [-0.39, 0.29) is 17.1 Å². The number of fused-ring (bicyclic) bond motifs is 1. The summed E-state index contributed by atoms with van der Waals surface area (Å²) in [6, 6.07) is 5.84. The number of nitro groups is 2. The van der Waals surface area contributed by atoms with Crippen molar-refractivity contribution in [1.82, 2.24) is 4.68 Å². The quantitative estimate of drug-likeness (QED) is 0.501. The maximum atomic E-state index is 11.4. The van der Waals surface area contributed by atoms with Gasteiger partial charge in [0.05, 0.1) is 15.9 Å². The van der Waals surface area contributed by atoms with Gasteiger partial charge in [0.25, 0.3) is 5.69 Å². The first-order valence-electron chi connectivity index (χ1n) is 8.43. The van der Waals surface area contributed by atoms with Gasteiger partial charge in [0.15, 0.2) is 0 Å². The number of benzene rings is 1. The Balaban J connectivity index is 2.04. The second-order valence-electron chi connectivity index (χ2n) is 6.18. The zero-order chi connectivity index (χ0) is 18.0. The third-order valence-corrected chi connectivity index (χ3v) is 4.61. The molecular formula is C17H20N4O4. The molecular weight excluding hydrogens is 324 g/mol. The fraction of sp³-hybridized carbons (Fsp3) is 0.412. The number of hydrogen-bond acceptors (Lipinski definition) is 5. The fourth-order valence-electron chi connectivity index (χ4n) is 3.34. The molecule has 0 fully saturated rings. The van der Waals surface area contributed by atoms with Crippen LogP contribution in [0.15, 0.2) is 24.3 Å². The van der Waals surface area contributed by atoms with Crippen LogP contribution in [0.2, 0.25) is 0 Å². The first-order chi connectivity index (χ1) is 12.0. The summed E-state index contributed by atoms with van der Waals surface area (Å²) >= 11 is 0. The Morgan fingerprint density at radius 2 is 1.84 bits per heavy atom. The lowest BCUT2D eigenvalue weighted by Crippen LogP contribution is -2.16. The summed E-state index contributed by atoms with van der Waals surface area (Å²) in [5.74, 6) is 0. The summed E-state index contributed by atoms with van der Waals surface area (Å²) < 4.78 is 1.93. The summed E-state index contributed by atoms with van der Waals surface area (Å²) in [7, 11) is 0. The van der Waals surface area contributed by atoms with Crippen LogP contribution in [0.5, 0.6) is 0 Å². The molecule has 25 heavy (non-hydrogen) atoms. The van der Waals surface area contributed by atoms with Gasteiger partial charge in [-0.1, -0.05) is 13.3 Å². The van der Waals surface area contributed by atoms with Crippen molar-refractivity contribution in [2.75, 3.05) is 5.43 Å². The van der Waals surface area contributed by atoms with E-state index >= 15 is 0 Å². The molecule has 1 aliphatic carbocycles. The second kappa shape index (κ2) is 6.92. The Kier molecular flexibility index (Phi) is 4.69. The number of nitrogens with zero attached hydrogens (tertiary/aromatic N) is 3. The van der Waals surface area contributed by atoms with Crippen LogP contribution in [-0.2, 0) is 19.3 Å². The summed E-state index contributed by atoms with van der Waals surface area (Å²) in [6.07, 6.45) is 6.14. The first kappa shape index (κ1) is 16.9. The van der Waals surface area contributed by atoms with E-state index in [0.29, 0.717) is 0 Å². The van der Waals surface area contributed by atoms with Crippen molar-refractivity contribution in [3.63, 3.8) is 0 Å². The highest BCUT2D eigenvalue weighted by molar-refractivity contribution is 5.65. The lowest BCUT2D eigenvalue weighted by atomic mass is 10.1. The van der Waals surface area contributed by atoms with Crippen molar-refractivity contribution >= 4 is 17.1 Å². The van der Waals surface area contributed by atoms with Crippen LogP contribution < -0.4 is 5.43 Å². The normalized spacial score (nSPS) is 13.8. The lowest BCUT2D eigenvalue weighted by molar-refractivity contribution is -0.393. The molecule has 3 rings (SSSR count). The average molecular weight is 344 g/mol. The van der Waals surface area contributed by atoms with Crippen LogP contribution in [0.25, 0.3) is 0 Å². The molecule has 1 heterocycles. The molecule has 8 heteroatoms. The highest BCUT2D eigenvalue weighted by atomic mass is 16.6. The lowest BCUT2D eigenvalue weighted by Gasteiger charge is -2.15.